The van der Waals surface area contributed by atoms with Crippen LogP contribution in [0.25, 0.3) is 0 Å². The molecule has 132 valence electrons. The van der Waals surface area contributed by atoms with Crippen LogP contribution in [-0.2, 0) is 19.1 Å². The molecule has 1 spiro atoms. The standard InChI is InChI=1S/C18H31NO4/c1-3-22-16(20)10-14-12-18(8-6-5-7-9-18)13-15(19-14)11-17(21)23-4-2/h14-15,19H,3-13H2,1-2H3/t14-,15+. The van der Waals surface area contributed by atoms with E-state index in [4.69, 9.17) is 9.47 Å². The van der Waals surface area contributed by atoms with Crippen LogP contribution in [0.4, 0.5) is 0 Å². The van der Waals surface area contributed by atoms with Gasteiger partial charge in [-0.05, 0) is 44.9 Å². The highest BCUT2D eigenvalue weighted by molar-refractivity contribution is 5.71. The first-order valence-electron chi connectivity index (χ1n) is 9.14. The van der Waals surface area contributed by atoms with E-state index < -0.39 is 0 Å². The van der Waals surface area contributed by atoms with Crippen LogP contribution in [0, 0.1) is 5.41 Å². The minimum Gasteiger partial charge on any atom is -0.466 e. The Hall–Kier alpha value is -1.10. The fourth-order valence-corrected chi connectivity index (χ4v) is 4.39. The summed E-state index contributed by atoms with van der Waals surface area (Å²) in [4.78, 5) is 23.7. The van der Waals surface area contributed by atoms with Gasteiger partial charge < -0.3 is 14.8 Å². The molecule has 0 radical (unpaired) electrons. The molecule has 1 aliphatic heterocycles. The lowest BCUT2D eigenvalue weighted by Gasteiger charge is -2.47. The number of carbonyl (C=O) groups is 2. The van der Waals surface area contributed by atoms with Gasteiger partial charge in [-0.25, -0.2) is 0 Å². The molecule has 2 atom stereocenters. The highest BCUT2D eigenvalue weighted by Gasteiger charge is 2.42. The molecule has 0 aromatic carbocycles. The minimum absolute atomic E-state index is 0.111. The van der Waals surface area contributed by atoms with Crippen molar-refractivity contribution in [2.45, 2.75) is 83.7 Å². The monoisotopic (exact) mass is 325 g/mol. The van der Waals surface area contributed by atoms with Gasteiger partial charge in [0.25, 0.3) is 0 Å². The van der Waals surface area contributed by atoms with E-state index in [0.717, 1.165) is 12.8 Å². The third kappa shape index (κ3) is 5.48. The van der Waals surface area contributed by atoms with Gasteiger partial charge in [-0.15, -0.1) is 0 Å². The van der Waals surface area contributed by atoms with E-state index in [1.165, 1.54) is 32.1 Å². The molecule has 2 rings (SSSR count). The number of piperidine rings is 1. The van der Waals surface area contributed by atoms with Crippen LogP contribution < -0.4 is 5.32 Å². The summed E-state index contributed by atoms with van der Waals surface area (Å²) in [5.74, 6) is -0.291. The lowest BCUT2D eigenvalue weighted by Crippen LogP contribution is -2.52. The van der Waals surface area contributed by atoms with Gasteiger partial charge in [0.1, 0.15) is 0 Å². The van der Waals surface area contributed by atoms with Crippen LogP contribution in [0.5, 0.6) is 0 Å². The molecule has 2 aliphatic rings. The summed E-state index contributed by atoms with van der Waals surface area (Å²) >= 11 is 0. The molecule has 1 saturated heterocycles. The molecule has 2 fully saturated rings. The largest absolute Gasteiger partial charge is 0.466 e. The molecule has 1 aliphatic carbocycles. The van der Waals surface area contributed by atoms with Crippen molar-refractivity contribution < 1.29 is 19.1 Å². The van der Waals surface area contributed by atoms with E-state index in [1.54, 1.807) is 0 Å². The molecule has 1 saturated carbocycles. The quantitative estimate of drug-likeness (QED) is 0.761. The fraction of sp³-hybridized carbons (Fsp3) is 0.889. The van der Waals surface area contributed by atoms with Crippen LogP contribution in [0.1, 0.15) is 71.6 Å². The maximum absolute atomic E-state index is 11.9. The maximum Gasteiger partial charge on any atom is 0.307 e. The van der Waals surface area contributed by atoms with Gasteiger partial charge in [0, 0.05) is 12.1 Å². The third-order valence-electron chi connectivity index (χ3n) is 5.18. The molecule has 0 aromatic rings. The van der Waals surface area contributed by atoms with Gasteiger partial charge >= 0.3 is 11.9 Å². The number of carbonyl (C=O) groups excluding carboxylic acids is 2. The van der Waals surface area contributed by atoms with Crippen LogP contribution in [0.2, 0.25) is 0 Å². The highest BCUT2D eigenvalue weighted by Crippen LogP contribution is 2.47. The zero-order chi connectivity index (χ0) is 16.7. The van der Waals surface area contributed by atoms with Crippen LogP contribution in [0.15, 0.2) is 0 Å². The summed E-state index contributed by atoms with van der Waals surface area (Å²) in [7, 11) is 0. The number of ether oxygens (including phenoxy) is 2. The normalized spacial score (nSPS) is 26.7. The Kier molecular flexibility index (Phi) is 6.88. The van der Waals surface area contributed by atoms with Gasteiger partial charge in [0.05, 0.1) is 26.1 Å². The van der Waals surface area contributed by atoms with Crippen LogP contribution in [-0.4, -0.2) is 37.2 Å². The molecule has 0 bridgehead atoms. The van der Waals surface area contributed by atoms with Crippen molar-refractivity contribution in [1.29, 1.82) is 0 Å². The lowest BCUT2D eigenvalue weighted by atomic mass is 9.64. The highest BCUT2D eigenvalue weighted by atomic mass is 16.5. The second-order valence-electron chi connectivity index (χ2n) is 7.05. The van der Waals surface area contributed by atoms with Gasteiger partial charge in [-0.3, -0.25) is 9.59 Å². The molecule has 5 heteroatoms. The Morgan fingerprint density at radius 3 is 1.83 bits per heavy atom. The zero-order valence-corrected chi connectivity index (χ0v) is 14.6. The smallest absolute Gasteiger partial charge is 0.307 e. The molecular weight excluding hydrogens is 294 g/mol. The van der Waals surface area contributed by atoms with Gasteiger partial charge in [-0.1, -0.05) is 19.3 Å². The topological polar surface area (TPSA) is 64.6 Å². The number of esters is 2. The van der Waals surface area contributed by atoms with Gasteiger partial charge in [0.2, 0.25) is 0 Å². The van der Waals surface area contributed by atoms with Crippen LogP contribution >= 0.6 is 0 Å². The summed E-state index contributed by atoms with van der Waals surface area (Å²) < 4.78 is 10.2. The molecular formula is C18H31NO4. The Morgan fingerprint density at radius 1 is 0.913 bits per heavy atom. The van der Waals surface area contributed by atoms with Crippen molar-refractivity contribution >= 4 is 11.9 Å². The fourth-order valence-electron chi connectivity index (χ4n) is 4.39. The Balaban J connectivity index is 2.00. The Bertz CT molecular complexity index is 374. The molecule has 23 heavy (non-hydrogen) atoms. The molecule has 5 nitrogen and oxygen atoms in total. The van der Waals surface area contributed by atoms with E-state index in [9.17, 15) is 9.59 Å². The first-order chi connectivity index (χ1) is 11.1. The molecule has 0 amide bonds. The SMILES string of the molecule is CCOC(=O)C[C@@H]1CC2(CCCCC2)C[C@H](CC(=O)OCC)N1. The number of hydrogen-bond donors (Lipinski definition) is 1. The molecule has 0 unspecified atom stereocenters. The van der Waals surface area contributed by atoms with Crippen molar-refractivity contribution in [2.75, 3.05) is 13.2 Å². The summed E-state index contributed by atoms with van der Waals surface area (Å²) in [5, 5.41) is 3.50. The van der Waals surface area contributed by atoms with Gasteiger partial charge in [-0.2, -0.15) is 0 Å². The first-order valence-corrected chi connectivity index (χ1v) is 9.14. The van der Waals surface area contributed by atoms with Crippen molar-refractivity contribution in [3.8, 4) is 0 Å². The van der Waals surface area contributed by atoms with Crippen molar-refractivity contribution in [2.24, 2.45) is 5.41 Å². The number of rotatable bonds is 6. The van der Waals surface area contributed by atoms with E-state index >= 15 is 0 Å². The molecule has 1 heterocycles. The Morgan fingerprint density at radius 2 is 1.39 bits per heavy atom. The van der Waals surface area contributed by atoms with E-state index in [0.29, 0.717) is 26.1 Å². The summed E-state index contributed by atoms with van der Waals surface area (Å²) in [6.07, 6.45) is 9.09. The zero-order valence-electron chi connectivity index (χ0n) is 14.6. The van der Waals surface area contributed by atoms with E-state index in [2.05, 4.69) is 5.32 Å². The van der Waals surface area contributed by atoms with Crippen molar-refractivity contribution in [3.05, 3.63) is 0 Å². The summed E-state index contributed by atoms with van der Waals surface area (Å²) in [6, 6.07) is 0.223. The summed E-state index contributed by atoms with van der Waals surface area (Å²) in [5.41, 5.74) is 0.290. The predicted molar refractivity (Wildman–Crippen MR) is 88.0 cm³/mol. The van der Waals surface area contributed by atoms with E-state index in [-0.39, 0.29) is 29.4 Å². The first kappa shape index (κ1) is 18.2. The Labute approximate surface area is 139 Å². The van der Waals surface area contributed by atoms with Crippen molar-refractivity contribution in [3.63, 3.8) is 0 Å². The molecule has 1 N–H and O–H groups in total. The van der Waals surface area contributed by atoms with Crippen molar-refractivity contribution in [1.82, 2.24) is 5.32 Å². The lowest BCUT2D eigenvalue weighted by molar-refractivity contribution is -0.144. The average Bonchev–Trinajstić information content (AvgIpc) is 2.47. The second kappa shape index (κ2) is 8.67. The number of nitrogens with one attached hydrogen (secondary N) is 1. The van der Waals surface area contributed by atoms with E-state index in [1.807, 2.05) is 13.8 Å². The summed E-state index contributed by atoms with van der Waals surface area (Å²) in [6.45, 7) is 4.50. The molecule has 0 aromatic heterocycles. The third-order valence-corrected chi connectivity index (χ3v) is 5.18. The maximum atomic E-state index is 11.9. The predicted octanol–water partition coefficient (Wildman–Crippen LogP) is 2.96. The minimum atomic E-state index is -0.146. The second-order valence-corrected chi connectivity index (χ2v) is 7.05. The van der Waals surface area contributed by atoms with Gasteiger partial charge in [0.15, 0.2) is 0 Å². The van der Waals surface area contributed by atoms with Crippen LogP contribution in [0.3, 0.4) is 0 Å². The average molecular weight is 325 g/mol. The number of hydrogen-bond acceptors (Lipinski definition) is 5.